The summed E-state index contributed by atoms with van der Waals surface area (Å²) < 4.78 is 0. The van der Waals surface area contributed by atoms with Crippen molar-refractivity contribution in [2.75, 3.05) is 0 Å². The molecule has 1 saturated carbocycles. The van der Waals surface area contributed by atoms with Crippen molar-refractivity contribution in [1.29, 1.82) is 0 Å². The first-order chi connectivity index (χ1) is 6.66. The molecule has 0 unspecified atom stereocenters. The Hall–Kier alpha value is -1.42. The van der Waals surface area contributed by atoms with Crippen molar-refractivity contribution in [3.63, 3.8) is 0 Å². The van der Waals surface area contributed by atoms with Crippen LogP contribution in [0.15, 0.2) is 24.3 Å². The molecule has 0 atom stereocenters. The molecule has 0 spiro atoms. The van der Waals surface area contributed by atoms with Crippen LogP contribution in [-0.2, 0) is 0 Å². The van der Waals surface area contributed by atoms with Crippen molar-refractivity contribution in [3.8, 4) is 0 Å². The average molecular weight is 192 g/mol. The van der Waals surface area contributed by atoms with E-state index in [1.54, 1.807) is 12.1 Å². The van der Waals surface area contributed by atoms with Gasteiger partial charge in [-0.1, -0.05) is 12.1 Å². The molecular weight excluding hydrogens is 180 g/mol. The second-order valence-electron chi connectivity index (χ2n) is 3.78. The van der Waals surface area contributed by atoms with Gasteiger partial charge in [0, 0.05) is 18.2 Å². The second-order valence-corrected chi connectivity index (χ2v) is 3.78. The van der Waals surface area contributed by atoms with Gasteiger partial charge < -0.3 is 5.73 Å². The molecule has 0 saturated heterocycles. The van der Waals surface area contributed by atoms with Gasteiger partial charge in [0.2, 0.25) is 0 Å². The van der Waals surface area contributed by atoms with Crippen LogP contribution in [0.25, 0.3) is 0 Å². The van der Waals surface area contributed by atoms with Gasteiger partial charge in [0.15, 0.2) is 0 Å². The Labute approximate surface area is 81.9 Å². The van der Waals surface area contributed by atoms with Crippen LogP contribution in [0.2, 0.25) is 0 Å². The van der Waals surface area contributed by atoms with E-state index in [1.807, 2.05) is 12.1 Å². The predicted molar refractivity (Wildman–Crippen MR) is 53.0 cm³/mol. The Morgan fingerprint density at radius 1 is 1.29 bits per heavy atom. The van der Waals surface area contributed by atoms with Crippen LogP contribution in [0.4, 0.5) is 5.69 Å². The standard InChI is InChI=1S/C10H12N2O2/c11-9-5-8(6-9)7-1-3-10(4-2-7)12(13)14/h1-4,8-9H,5-6,11H2. The molecule has 1 aliphatic carbocycles. The Balaban J connectivity index is 2.10. The van der Waals surface area contributed by atoms with Crippen molar-refractivity contribution in [3.05, 3.63) is 39.9 Å². The van der Waals surface area contributed by atoms with E-state index in [9.17, 15) is 10.1 Å². The molecule has 1 fully saturated rings. The van der Waals surface area contributed by atoms with E-state index in [0.29, 0.717) is 12.0 Å². The van der Waals surface area contributed by atoms with Crippen molar-refractivity contribution in [1.82, 2.24) is 0 Å². The summed E-state index contributed by atoms with van der Waals surface area (Å²) in [6, 6.07) is 7.08. The predicted octanol–water partition coefficient (Wildman–Crippen LogP) is 1.80. The van der Waals surface area contributed by atoms with Crippen LogP contribution in [0, 0.1) is 10.1 Å². The Bertz CT molecular complexity index is 342. The summed E-state index contributed by atoms with van der Waals surface area (Å²) in [4.78, 5) is 10.0. The normalized spacial score (nSPS) is 25.5. The zero-order chi connectivity index (χ0) is 10.1. The van der Waals surface area contributed by atoms with E-state index >= 15 is 0 Å². The van der Waals surface area contributed by atoms with Gasteiger partial charge >= 0.3 is 0 Å². The minimum atomic E-state index is -0.379. The molecule has 1 aliphatic rings. The van der Waals surface area contributed by atoms with Gasteiger partial charge in [-0.2, -0.15) is 0 Å². The van der Waals surface area contributed by atoms with Crippen molar-refractivity contribution in [2.24, 2.45) is 5.73 Å². The van der Waals surface area contributed by atoms with Gasteiger partial charge in [0.25, 0.3) is 5.69 Å². The van der Waals surface area contributed by atoms with Crippen molar-refractivity contribution < 1.29 is 4.92 Å². The summed E-state index contributed by atoms with van der Waals surface area (Å²) in [5, 5.41) is 10.4. The van der Waals surface area contributed by atoms with Crippen LogP contribution in [-0.4, -0.2) is 11.0 Å². The zero-order valence-electron chi connectivity index (χ0n) is 7.72. The van der Waals surface area contributed by atoms with Crippen LogP contribution in [0.3, 0.4) is 0 Å². The molecule has 4 heteroatoms. The van der Waals surface area contributed by atoms with Crippen molar-refractivity contribution >= 4 is 5.69 Å². The number of hydrogen-bond acceptors (Lipinski definition) is 3. The third kappa shape index (κ3) is 1.61. The molecule has 14 heavy (non-hydrogen) atoms. The van der Waals surface area contributed by atoms with Crippen LogP contribution in [0.5, 0.6) is 0 Å². The molecule has 0 bridgehead atoms. The average Bonchev–Trinajstić information content (AvgIpc) is 2.13. The quantitative estimate of drug-likeness (QED) is 0.573. The maximum Gasteiger partial charge on any atom is 0.269 e. The van der Waals surface area contributed by atoms with E-state index in [-0.39, 0.29) is 10.6 Å². The maximum atomic E-state index is 10.4. The number of nitro benzene ring substituents is 1. The summed E-state index contributed by atoms with van der Waals surface area (Å²) >= 11 is 0. The number of rotatable bonds is 2. The number of nitro groups is 1. The monoisotopic (exact) mass is 192 g/mol. The van der Waals surface area contributed by atoms with Gasteiger partial charge in [0.05, 0.1) is 4.92 Å². The molecule has 4 nitrogen and oxygen atoms in total. The summed E-state index contributed by atoms with van der Waals surface area (Å²) in [6.07, 6.45) is 2.00. The zero-order valence-corrected chi connectivity index (χ0v) is 7.72. The van der Waals surface area contributed by atoms with Crippen LogP contribution in [0.1, 0.15) is 24.3 Å². The summed E-state index contributed by atoms with van der Waals surface area (Å²) in [5.41, 5.74) is 6.99. The second kappa shape index (κ2) is 3.38. The molecule has 0 aliphatic heterocycles. The summed E-state index contributed by atoms with van der Waals surface area (Å²) in [5.74, 6) is 0.505. The highest BCUT2D eigenvalue weighted by Crippen LogP contribution is 2.35. The SMILES string of the molecule is NC1CC(c2ccc([N+](=O)[O-])cc2)C1. The van der Waals surface area contributed by atoms with Gasteiger partial charge in [0.1, 0.15) is 0 Å². The Morgan fingerprint density at radius 2 is 1.86 bits per heavy atom. The molecule has 0 heterocycles. The number of nitrogens with zero attached hydrogens (tertiary/aromatic N) is 1. The summed E-state index contributed by atoms with van der Waals surface area (Å²) in [7, 11) is 0. The maximum absolute atomic E-state index is 10.4. The van der Waals surface area contributed by atoms with E-state index in [0.717, 1.165) is 18.4 Å². The number of non-ortho nitro benzene ring substituents is 1. The number of hydrogen-bond donors (Lipinski definition) is 1. The molecule has 2 rings (SSSR count). The smallest absolute Gasteiger partial charge is 0.269 e. The minimum absolute atomic E-state index is 0.150. The highest BCUT2D eigenvalue weighted by molar-refractivity contribution is 5.35. The first kappa shape index (κ1) is 9.15. The lowest BCUT2D eigenvalue weighted by Crippen LogP contribution is -2.34. The molecule has 1 aromatic carbocycles. The highest BCUT2D eigenvalue weighted by Gasteiger charge is 2.27. The van der Waals surface area contributed by atoms with Crippen LogP contribution >= 0.6 is 0 Å². The lowest BCUT2D eigenvalue weighted by Gasteiger charge is -2.32. The highest BCUT2D eigenvalue weighted by atomic mass is 16.6. The fourth-order valence-electron chi connectivity index (χ4n) is 1.80. The van der Waals surface area contributed by atoms with E-state index in [2.05, 4.69) is 0 Å². The lowest BCUT2D eigenvalue weighted by atomic mass is 9.76. The molecule has 0 radical (unpaired) electrons. The minimum Gasteiger partial charge on any atom is -0.328 e. The molecule has 0 amide bonds. The van der Waals surface area contributed by atoms with Gasteiger partial charge in [-0.25, -0.2) is 0 Å². The third-order valence-corrected chi connectivity index (χ3v) is 2.75. The first-order valence-corrected chi connectivity index (χ1v) is 4.67. The van der Waals surface area contributed by atoms with Crippen molar-refractivity contribution in [2.45, 2.75) is 24.8 Å². The van der Waals surface area contributed by atoms with E-state index < -0.39 is 0 Å². The molecule has 1 aromatic rings. The lowest BCUT2D eigenvalue weighted by molar-refractivity contribution is -0.384. The fraction of sp³-hybridized carbons (Fsp3) is 0.400. The Morgan fingerprint density at radius 3 is 2.29 bits per heavy atom. The largest absolute Gasteiger partial charge is 0.328 e. The number of benzene rings is 1. The third-order valence-electron chi connectivity index (χ3n) is 2.75. The number of nitrogens with two attached hydrogens (primary N) is 1. The van der Waals surface area contributed by atoms with Gasteiger partial charge in [-0.15, -0.1) is 0 Å². The Kier molecular flexibility index (Phi) is 2.21. The fourth-order valence-corrected chi connectivity index (χ4v) is 1.80. The molecular formula is C10H12N2O2. The van der Waals surface area contributed by atoms with Gasteiger partial charge in [-0.3, -0.25) is 10.1 Å². The van der Waals surface area contributed by atoms with E-state index in [4.69, 9.17) is 5.73 Å². The van der Waals surface area contributed by atoms with E-state index in [1.165, 1.54) is 0 Å². The van der Waals surface area contributed by atoms with Gasteiger partial charge in [-0.05, 0) is 24.3 Å². The molecule has 2 N–H and O–H groups in total. The summed E-state index contributed by atoms with van der Waals surface area (Å²) in [6.45, 7) is 0. The molecule has 0 aromatic heterocycles. The van der Waals surface area contributed by atoms with Crippen LogP contribution < -0.4 is 5.73 Å². The first-order valence-electron chi connectivity index (χ1n) is 4.67. The topological polar surface area (TPSA) is 69.2 Å². The molecule has 74 valence electrons.